The number of nitrogens with zero attached hydrogens (tertiary/aromatic N) is 2. The number of amides is 1. The van der Waals surface area contributed by atoms with Crippen molar-refractivity contribution in [3.8, 4) is 0 Å². The first-order chi connectivity index (χ1) is 9.54. The van der Waals surface area contributed by atoms with Gasteiger partial charge >= 0.3 is 7.12 Å². The second-order valence-electron chi connectivity index (χ2n) is 4.83. The van der Waals surface area contributed by atoms with E-state index >= 15 is 0 Å². The van der Waals surface area contributed by atoms with Gasteiger partial charge in [0.15, 0.2) is 0 Å². The number of rotatable bonds is 2. The van der Waals surface area contributed by atoms with Gasteiger partial charge in [-0.25, -0.2) is 0 Å². The van der Waals surface area contributed by atoms with Crippen LogP contribution in [0.4, 0.5) is 5.82 Å². The maximum Gasteiger partial charge on any atom is 0.491 e. The van der Waals surface area contributed by atoms with Crippen LogP contribution in [0.25, 0.3) is 0 Å². The summed E-state index contributed by atoms with van der Waals surface area (Å²) in [5.74, 6) is 0.389. The lowest BCUT2D eigenvalue weighted by Crippen LogP contribution is -2.29. The third kappa shape index (κ3) is 2.21. The average Bonchev–Trinajstić information content (AvgIpc) is 2.93. The fourth-order valence-electron chi connectivity index (χ4n) is 2.27. The summed E-state index contributed by atoms with van der Waals surface area (Å²) < 4.78 is 6.72. The topological polar surface area (TPSA) is 76.4 Å². The predicted octanol–water partition coefficient (Wildman–Crippen LogP) is 0.199. The minimum Gasteiger partial charge on any atom is -0.423 e. The van der Waals surface area contributed by atoms with Gasteiger partial charge in [0.25, 0.3) is 5.91 Å². The zero-order valence-corrected chi connectivity index (χ0v) is 11.3. The number of benzene rings is 1. The van der Waals surface area contributed by atoms with E-state index in [0.717, 1.165) is 11.3 Å². The van der Waals surface area contributed by atoms with Crippen molar-refractivity contribution in [3.05, 3.63) is 41.1 Å². The van der Waals surface area contributed by atoms with Crippen LogP contribution in [0, 0.1) is 6.92 Å². The number of aryl methyl sites for hydroxylation is 2. The zero-order valence-electron chi connectivity index (χ0n) is 11.3. The molecule has 20 heavy (non-hydrogen) atoms. The predicted molar refractivity (Wildman–Crippen MR) is 74.7 cm³/mol. The van der Waals surface area contributed by atoms with Gasteiger partial charge in [0.1, 0.15) is 5.82 Å². The van der Waals surface area contributed by atoms with E-state index in [2.05, 4.69) is 10.4 Å². The van der Waals surface area contributed by atoms with Gasteiger partial charge in [-0.3, -0.25) is 9.48 Å². The molecular weight excluding hydrogens is 257 g/mol. The van der Waals surface area contributed by atoms with Crippen LogP contribution in [0.1, 0.15) is 21.6 Å². The summed E-state index contributed by atoms with van der Waals surface area (Å²) in [7, 11) is 0.819. The zero-order chi connectivity index (χ0) is 14.3. The molecule has 1 aromatic carbocycles. The minimum absolute atomic E-state index is 0.241. The Morgan fingerprint density at radius 1 is 1.50 bits per heavy atom. The van der Waals surface area contributed by atoms with Crippen LogP contribution in [-0.4, -0.2) is 27.8 Å². The van der Waals surface area contributed by atoms with Crippen molar-refractivity contribution >= 4 is 24.3 Å². The SMILES string of the molecule is Cc1cc(NC(=O)c2ccc3c(c2)B(O)OC3)n(C)n1. The maximum absolute atomic E-state index is 12.2. The summed E-state index contributed by atoms with van der Waals surface area (Å²) in [6.45, 7) is 2.23. The second-order valence-corrected chi connectivity index (χ2v) is 4.83. The molecule has 102 valence electrons. The van der Waals surface area contributed by atoms with Crippen LogP contribution in [0.3, 0.4) is 0 Å². The van der Waals surface area contributed by atoms with Gasteiger partial charge in [0.2, 0.25) is 0 Å². The Kier molecular flexibility index (Phi) is 3.08. The normalized spacial score (nSPS) is 13.4. The molecule has 0 unspecified atom stereocenters. The Hall–Kier alpha value is -2.12. The molecule has 2 aromatic rings. The number of carbonyl (C=O) groups excluding carboxylic acids is 1. The molecule has 1 amide bonds. The molecule has 6 nitrogen and oxygen atoms in total. The summed E-state index contributed by atoms with van der Waals surface area (Å²) in [4.78, 5) is 12.2. The summed E-state index contributed by atoms with van der Waals surface area (Å²) >= 11 is 0. The molecule has 1 aliphatic rings. The van der Waals surface area contributed by atoms with Crippen molar-refractivity contribution in [1.29, 1.82) is 0 Å². The molecule has 3 rings (SSSR count). The third-order valence-electron chi connectivity index (χ3n) is 3.31. The summed E-state index contributed by atoms with van der Waals surface area (Å²) in [5, 5.41) is 16.6. The van der Waals surface area contributed by atoms with Crippen LogP contribution in [0.2, 0.25) is 0 Å². The lowest BCUT2D eigenvalue weighted by atomic mass is 9.79. The van der Waals surface area contributed by atoms with Gasteiger partial charge in [-0.05, 0) is 30.1 Å². The Balaban J connectivity index is 1.84. The monoisotopic (exact) mass is 271 g/mol. The number of aromatic nitrogens is 2. The molecule has 7 heteroatoms. The number of nitrogens with one attached hydrogen (secondary N) is 1. The smallest absolute Gasteiger partial charge is 0.423 e. The number of hydrogen-bond acceptors (Lipinski definition) is 4. The molecule has 0 spiro atoms. The van der Waals surface area contributed by atoms with Gasteiger partial charge in [-0.2, -0.15) is 5.10 Å². The lowest BCUT2D eigenvalue weighted by Gasteiger charge is -2.06. The molecule has 2 heterocycles. The Morgan fingerprint density at radius 3 is 3.00 bits per heavy atom. The number of anilines is 1. The highest BCUT2D eigenvalue weighted by Gasteiger charge is 2.28. The molecule has 0 saturated heterocycles. The highest BCUT2D eigenvalue weighted by Crippen LogP contribution is 2.14. The van der Waals surface area contributed by atoms with Crippen molar-refractivity contribution in [2.24, 2.45) is 7.05 Å². The summed E-state index contributed by atoms with van der Waals surface area (Å²) in [5.41, 5.74) is 2.87. The number of fused-ring (bicyclic) bond motifs is 1. The van der Waals surface area contributed by atoms with Crippen LogP contribution in [-0.2, 0) is 18.3 Å². The van der Waals surface area contributed by atoms with Crippen LogP contribution < -0.4 is 10.8 Å². The van der Waals surface area contributed by atoms with E-state index in [4.69, 9.17) is 4.65 Å². The first-order valence-electron chi connectivity index (χ1n) is 6.29. The molecule has 1 aliphatic heterocycles. The molecule has 1 aromatic heterocycles. The second kappa shape index (κ2) is 4.77. The first-order valence-corrected chi connectivity index (χ1v) is 6.29. The molecule has 0 radical (unpaired) electrons. The van der Waals surface area contributed by atoms with Gasteiger partial charge in [-0.1, -0.05) is 6.07 Å². The molecule has 0 saturated carbocycles. The third-order valence-corrected chi connectivity index (χ3v) is 3.31. The molecule has 0 aliphatic carbocycles. The van der Waals surface area contributed by atoms with Crippen molar-refractivity contribution in [2.75, 3.05) is 5.32 Å². The highest BCUT2D eigenvalue weighted by molar-refractivity contribution is 6.61. The summed E-state index contributed by atoms with van der Waals surface area (Å²) in [6, 6.07) is 6.97. The Morgan fingerprint density at radius 2 is 2.30 bits per heavy atom. The molecular formula is C13H14BN3O3. The van der Waals surface area contributed by atoms with Crippen molar-refractivity contribution in [2.45, 2.75) is 13.5 Å². The molecule has 0 fully saturated rings. The van der Waals surface area contributed by atoms with Gasteiger partial charge < -0.3 is 15.0 Å². The fraction of sp³-hybridized carbons (Fsp3) is 0.231. The largest absolute Gasteiger partial charge is 0.491 e. The Bertz CT molecular complexity index is 683. The van der Waals surface area contributed by atoms with Gasteiger partial charge in [0.05, 0.1) is 12.3 Å². The lowest BCUT2D eigenvalue weighted by molar-refractivity contribution is 0.102. The van der Waals surface area contributed by atoms with E-state index < -0.39 is 7.12 Å². The van der Waals surface area contributed by atoms with E-state index in [1.54, 1.807) is 36.0 Å². The molecule has 0 bridgehead atoms. The van der Waals surface area contributed by atoms with Gasteiger partial charge in [-0.15, -0.1) is 0 Å². The van der Waals surface area contributed by atoms with E-state index in [1.807, 2.05) is 6.92 Å². The first kappa shape index (κ1) is 12.9. The van der Waals surface area contributed by atoms with E-state index in [0.29, 0.717) is 23.5 Å². The van der Waals surface area contributed by atoms with Crippen LogP contribution >= 0.6 is 0 Å². The quantitative estimate of drug-likeness (QED) is 0.765. The fourth-order valence-corrected chi connectivity index (χ4v) is 2.27. The van der Waals surface area contributed by atoms with E-state index in [9.17, 15) is 9.82 Å². The summed E-state index contributed by atoms with van der Waals surface area (Å²) in [6.07, 6.45) is 0. The Labute approximate surface area is 116 Å². The number of hydrogen-bond donors (Lipinski definition) is 2. The van der Waals surface area contributed by atoms with E-state index in [1.165, 1.54) is 0 Å². The number of carbonyl (C=O) groups is 1. The average molecular weight is 271 g/mol. The van der Waals surface area contributed by atoms with Gasteiger partial charge in [0, 0.05) is 18.7 Å². The van der Waals surface area contributed by atoms with E-state index in [-0.39, 0.29) is 5.91 Å². The standard InChI is InChI=1S/C13H14BN3O3/c1-8-5-12(17(2)16-8)15-13(18)9-3-4-10-7-20-14(19)11(10)6-9/h3-6,19H,7H2,1-2H3,(H,15,18). The minimum atomic E-state index is -0.948. The maximum atomic E-state index is 12.2. The van der Waals surface area contributed by atoms with Crippen LogP contribution in [0.5, 0.6) is 0 Å². The molecule has 0 atom stereocenters. The van der Waals surface area contributed by atoms with Crippen molar-refractivity contribution in [3.63, 3.8) is 0 Å². The van der Waals surface area contributed by atoms with Crippen molar-refractivity contribution in [1.82, 2.24) is 9.78 Å². The van der Waals surface area contributed by atoms with Crippen molar-refractivity contribution < 1.29 is 14.5 Å². The molecule has 2 N–H and O–H groups in total. The van der Waals surface area contributed by atoms with Crippen LogP contribution in [0.15, 0.2) is 24.3 Å². The highest BCUT2D eigenvalue weighted by atomic mass is 16.5.